The summed E-state index contributed by atoms with van der Waals surface area (Å²) in [5, 5.41) is 0. The van der Waals surface area contributed by atoms with Gasteiger partial charge in [0.05, 0.1) is 32.6 Å². The molecule has 4 rings (SSSR count). The molecule has 0 saturated carbocycles. The lowest BCUT2D eigenvalue weighted by Crippen LogP contribution is -2.06. The third-order valence-corrected chi connectivity index (χ3v) is 5.33. The SMILES string of the molecule is COc1cc(C(=O)c2cc(-c3ccccn3)ccc2Oc2cccc(C)c2)cc(OC)c1OC. The van der Waals surface area contributed by atoms with Crippen LogP contribution in [0.4, 0.5) is 0 Å². The van der Waals surface area contributed by atoms with Gasteiger partial charge in [-0.05, 0) is 67.1 Å². The molecule has 3 aromatic carbocycles. The number of nitrogens with zero attached hydrogens (tertiary/aromatic N) is 1. The summed E-state index contributed by atoms with van der Waals surface area (Å²) in [4.78, 5) is 18.2. The van der Waals surface area contributed by atoms with Crippen molar-refractivity contribution in [1.29, 1.82) is 0 Å². The quantitative estimate of drug-likeness (QED) is 0.299. The summed E-state index contributed by atoms with van der Waals surface area (Å²) >= 11 is 0. The zero-order valence-electron chi connectivity index (χ0n) is 19.5. The molecular formula is C28H25NO5. The number of aromatic nitrogens is 1. The number of hydrogen-bond acceptors (Lipinski definition) is 6. The highest BCUT2D eigenvalue weighted by Crippen LogP contribution is 2.40. The van der Waals surface area contributed by atoms with Crippen LogP contribution in [0, 0.1) is 6.92 Å². The van der Waals surface area contributed by atoms with Crippen molar-refractivity contribution in [2.75, 3.05) is 21.3 Å². The van der Waals surface area contributed by atoms with Gasteiger partial charge in [0.15, 0.2) is 17.3 Å². The Morgan fingerprint density at radius 1 is 0.765 bits per heavy atom. The van der Waals surface area contributed by atoms with Crippen LogP contribution in [0.15, 0.2) is 79.0 Å². The largest absolute Gasteiger partial charge is 0.493 e. The molecule has 0 saturated heterocycles. The van der Waals surface area contributed by atoms with E-state index in [0.29, 0.717) is 39.9 Å². The van der Waals surface area contributed by atoms with Crippen molar-refractivity contribution in [2.24, 2.45) is 0 Å². The number of hydrogen-bond donors (Lipinski definition) is 0. The molecule has 1 aromatic heterocycles. The van der Waals surface area contributed by atoms with Gasteiger partial charge >= 0.3 is 0 Å². The summed E-state index contributed by atoms with van der Waals surface area (Å²) in [6, 6.07) is 22.0. The van der Waals surface area contributed by atoms with E-state index in [4.69, 9.17) is 18.9 Å². The first-order chi connectivity index (χ1) is 16.5. The van der Waals surface area contributed by atoms with Crippen LogP contribution >= 0.6 is 0 Å². The van der Waals surface area contributed by atoms with Crippen molar-refractivity contribution < 1.29 is 23.7 Å². The van der Waals surface area contributed by atoms with Gasteiger partial charge in [-0.1, -0.05) is 18.2 Å². The first-order valence-electron chi connectivity index (χ1n) is 10.7. The maximum Gasteiger partial charge on any atom is 0.203 e. The molecule has 0 bridgehead atoms. The van der Waals surface area contributed by atoms with Crippen molar-refractivity contribution in [3.63, 3.8) is 0 Å². The first-order valence-corrected chi connectivity index (χ1v) is 10.7. The van der Waals surface area contributed by atoms with E-state index in [-0.39, 0.29) is 5.78 Å². The number of rotatable bonds is 8. The second-order valence-corrected chi connectivity index (χ2v) is 7.59. The highest BCUT2D eigenvalue weighted by atomic mass is 16.5. The van der Waals surface area contributed by atoms with Gasteiger partial charge in [-0.2, -0.15) is 0 Å². The van der Waals surface area contributed by atoms with Crippen LogP contribution in [-0.2, 0) is 0 Å². The van der Waals surface area contributed by atoms with Crippen LogP contribution in [0.2, 0.25) is 0 Å². The van der Waals surface area contributed by atoms with Gasteiger partial charge in [0, 0.05) is 17.3 Å². The van der Waals surface area contributed by atoms with Crippen molar-refractivity contribution in [3.05, 3.63) is 95.7 Å². The molecule has 0 N–H and O–H groups in total. The number of carbonyl (C=O) groups excluding carboxylic acids is 1. The minimum absolute atomic E-state index is 0.250. The van der Waals surface area contributed by atoms with Crippen molar-refractivity contribution >= 4 is 5.78 Å². The molecule has 0 spiro atoms. The van der Waals surface area contributed by atoms with Gasteiger partial charge in [0.2, 0.25) is 5.75 Å². The molecule has 0 fully saturated rings. The lowest BCUT2D eigenvalue weighted by molar-refractivity contribution is 0.103. The number of ether oxygens (including phenoxy) is 4. The molecule has 34 heavy (non-hydrogen) atoms. The van der Waals surface area contributed by atoms with Gasteiger partial charge < -0.3 is 18.9 Å². The van der Waals surface area contributed by atoms with Gasteiger partial charge in [-0.25, -0.2) is 0 Å². The van der Waals surface area contributed by atoms with Gasteiger partial charge in [-0.15, -0.1) is 0 Å². The van der Waals surface area contributed by atoms with Crippen LogP contribution in [-0.4, -0.2) is 32.1 Å². The second kappa shape index (κ2) is 10.1. The lowest BCUT2D eigenvalue weighted by atomic mass is 9.98. The summed E-state index contributed by atoms with van der Waals surface area (Å²) in [5.41, 5.74) is 3.37. The fourth-order valence-corrected chi connectivity index (χ4v) is 3.66. The van der Waals surface area contributed by atoms with E-state index in [1.54, 1.807) is 30.5 Å². The first kappa shape index (κ1) is 22.9. The van der Waals surface area contributed by atoms with Crippen molar-refractivity contribution in [3.8, 4) is 40.0 Å². The Morgan fingerprint density at radius 2 is 1.53 bits per heavy atom. The molecule has 6 heteroatoms. The third kappa shape index (κ3) is 4.71. The predicted octanol–water partition coefficient (Wildman–Crippen LogP) is 6.11. The van der Waals surface area contributed by atoms with Crippen LogP contribution in [0.25, 0.3) is 11.3 Å². The van der Waals surface area contributed by atoms with E-state index in [9.17, 15) is 4.79 Å². The second-order valence-electron chi connectivity index (χ2n) is 7.59. The molecule has 0 aliphatic carbocycles. The Labute approximate surface area is 198 Å². The standard InChI is InChI=1S/C28H25NO5/c1-18-8-7-9-21(14-18)34-24-12-11-19(23-10-5-6-13-29-23)15-22(24)27(30)20-16-25(31-2)28(33-4)26(17-20)32-3/h5-17H,1-4H3. The normalized spacial score (nSPS) is 10.5. The Hall–Kier alpha value is -4.32. The zero-order chi connectivity index (χ0) is 24.1. The maximum absolute atomic E-state index is 13.8. The van der Waals surface area contributed by atoms with E-state index in [1.807, 2.05) is 55.5 Å². The number of ketones is 1. The molecule has 0 aliphatic heterocycles. The maximum atomic E-state index is 13.8. The average Bonchev–Trinajstić information content (AvgIpc) is 2.88. The van der Waals surface area contributed by atoms with Crippen LogP contribution in [0.5, 0.6) is 28.7 Å². The molecule has 0 atom stereocenters. The predicted molar refractivity (Wildman–Crippen MR) is 130 cm³/mol. The summed E-state index contributed by atoms with van der Waals surface area (Å²) in [5.74, 6) is 2.03. The van der Waals surface area contributed by atoms with Gasteiger partial charge in [-0.3, -0.25) is 9.78 Å². The van der Waals surface area contributed by atoms with Crippen molar-refractivity contribution in [1.82, 2.24) is 4.98 Å². The molecule has 0 unspecified atom stereocenters. The average molecular weight is 456 g/mol. The number of carbonyl (C=O) groups is 1. The topological polar surface area (TPSA) is 66.9 Å². The van der Waals surface area contributed by atoms with E-state index in [2.05, 4.69) is 4.98 Å². The van der Waals surface area contributed by atoms with Crippen LogP contribution in [0.1, 0.15) is 21.5 Å². The van der Waals surface area contributed by atoms with E-state index in [1.165, 1.54) is 21.3 Å². The molecule has 172 valence electrons. The van der Waals surface area contributed by atoms with Gasteiger partial charge in [0.1, 0.15) is 11.5 Å². The van der Waals surface area contributed by atoms with Crippen molar-refractivity contribution in [2.45, 2.75) is 6.92 Å². The molecule has 0 radical (unpaired) electrons. The Balaban J connectivity index is 1.84. The Kier molecular flexibility index (Phi) is 6.78. The summed E-state index contributed by atoms with van der Waals surface area (Å²) in [6.45, 7) is 1.99. The summed E-state index contributed by atoms with van der Waals surface area (Å²) in [6.07, 6.45) is 1.72. The highest BCUT2D eigenvalue weighted by molar-refractivity contribution is 6.12. The Bertz CT molecular complexity index is 1290. The Morgan fingerprint density at radius 3 is 2.15 bits per heavy atom. The molecule has 6 nitrogen and oxygen atoms in total. The number of benzene rings is 3. The summed E-state index contributed by atoms with van der Waals surface area (Å²) < 4.78 is 22.4. The third-order valence-electron chi connectivity index (χ3n) is 5.33. The number of aryl methyl sites for hydroxylation is 1. The van der Waals surface area contributed by atoms with E-state index >= 15 is 0 Å². The summed E-state index contributed by atoms with van der Waals surface area (Å²) in [7, 11) is 4.55. The lowest BCUT2D eigenvalue weighted by Gasteiger charge is -2.16. The molecule has 0 aliphatic rings. The minimum atomic E-state index is -0.250. The fourth-order valence-electron chi connectivity index (χ4n) is 3.66. The molecule has 1 heterocycles. The number of methoxy groups -OCH3 is 3. The fraction of sp³-hybridized carbons (Fsp3) is 0.143. The zero-order valence-corrected chi connectivity index (χ0v) is 19.5. The van der Waals surface area contributed by atoms with E-state index < -0.39 is 0 Å². The van der Waals surface area contributed by atoms with E-state index in [0.717, 1.165) is 16.8 Å². The number of pyridine rings is 1. The van der Waals surface area contributed by atoms with Gasteiger partial charge in [0.25, 0.3) is 0 Å². The highest BCUT2D eigenvalue weighted by Gasteiger charge is 2.22. The monoisotopic (exact) mass is 455 g/mol. The molecular weight excluding hydrogens is 430 g/mol. The smallest absolute Gasteiger partial charge is 0.203 e. The van der Waals surface area contributed by atoms with Crippen LogP contribution in [0.3, 0.4) is 0 Å². The molecule has 4 aromatic rings. The molecule has 0 amide bonds. The minimum Gasteiger partial charge on any atom is -0.493 e. The van der Waals surface area contributed by atoms with Crippen LogP contribution < -0.4 is 18.9 Å².